The molecule has 2 aromatic rings. The van der Waals surface area contributed by atoms with Gasteiger partial charge in [0.15, 0.2) is 6.10 Å². The number of rotatable bonds is 8. The maximum atomic E-state index is 12.3. The minimum absolute atomic E-state index is 0.0837. The third-order valence-electron chi connectivity index (χ3n) is 3.79. The quantitative estimate of drug-likeness (QED) is 0.531. The Labute approximate surface area is 162 Å². The molecule has 0 saturated heterocycles. The van der Waals surface area contributed by atoms with Crippen LogP contribution in [-0.4, -0.2) is 28.8 Å². The van der Waals surface area contributed by atoms with Crippen LogP contribution in [0.2, 0.25) is 5.02 Å². The van der Waals surface area contributed by atoms with Gasteiger partial charge in [-0.3, -0.25) is 9.59 Å². The van der Waals surface area contributed by atoms with Crippen LogP contribution in [0.5, 0.6) is 5.75 Å². The molecule has 27 heavy (non-hydrogen) atoms. The van der Waals surface area contributed by atoms with Crippen molar-refractivity contribution < 1.29 is 19.4 Å². The summed E-state index contributed by atoms with van der Waals surface area (Å²) < 4.78 is 5.66. The van der Waals surface area contributed by atoms with Crippen molar-refractivity contribution in [3.05, 3.63) is 64.7 Å². The molecule has 1 unspecified atom stereocenters. The number of hydrogen-bond donors (Lipinski definition) is 2. The van der Waals surface area contributed by atoms with E-state index in [0.29, 0.717) is 16.5 Å². The van der Waals surface area contributed by atoms with E-state index in [2.05, 4.69) is 10.5 Å². The fourth-order valence-corrected chi connectivity index (χ4v) is 2.55. The van der Waals surface area contributed by atoms with Crippen molar-refractivity contribution in [2.45, 2.75) is 32.8 Å². The molecular formula is C20H21ClN2O4. The first-order chi connectivity index (χ1) is 12.9. The largest absolute Gasteiger partial charge is 0.481 e. The van der Waals surface area contributed by atoms with Gasteiger partial charge in [0.25, 0.3) is 5.91 Å². The lowest BCUT2D eigenvalue weighted by Gasteiger charge is -2.15. The molecule has 142 valence electrons. The van der Waals surface area contributed by atoms with Crippen LogP contribution in [0, 0.1) is 6.92 Å². The van der Waals surface area contributed by atoms with Crippen LogP contribution in [0.3, 0.4) is 0 Å². The highest BCUT2D eigenvalue weighted by atomic mass is 35.5. The molecule has 0 aliphatic heterocycles. The van der Waals surface area contributed by atoms with Crippen molar-refractivity contribution in [3.63, 3.8) is 0 Å². The predicted octanol–water partition coefficient (Wildman–Crippen LogP) is 3.80. The highest BCUT2D eigenvalue weighted by molar-refractivity contribution is 6.30. The third kappa shape index (κ3) is 6.42. The Morgan fingerprint density at radius 3 is 2.52 bits per heavy atom. The predicted molar refractivity (Wildman–Crippen MR) is 104 cm³/mol. The fraction of sp³-hybridized carbons (Fsp3) is 0.250. The van der Waals surface area contributed by atoms with E-state index in [0.717, 1.165) is 11.1 Å². The lowest BCUT2D eigenvalue weighted by Crippen LogP contribution is -2.34. The molecule has 0 radical (unpaired) electrons. The van der Waals surface area contributed by atoms with Crippen molar-refractivity contribution >= 4 is 29.2 Å². The summed E-state index contributed by atoms with van der Waals surface area (Å²) >= 11 is 5.92. The Bertz CT molecular complexity index is 837. The summed E-state index contributed by atoms with van der Waals surface area (Å²) in [4.78, 5) is 23.2. The number of benzene rings is 2. The maximum absolute atomic E-state index is 12.3. The summed E-state index contributed by atoms with van der Waals surface area (Å²) in [7, 11) is 0. The number of nitrogens with one attached hydrogen (secondary N) is 1. The Kier molecular flexibility index (Phi) is 7.37. The average Bonchev–Trinajstić information content (AvgIpc) is 2.64. The minimum Gasteiger partial charge on any atom is -0.481 e. The number of hydrogen-bond acceptors (Lipinski definition) is 4. The SMILES string of the molecule is Cc1cc(Cl)ccc1OC(C)C(=O)NN=C(CCC(=O)O)c1ccccc1. The Balaban J connectivity index is 2.06. The van der Waals surface area contributed by atoms with E-state index in [1.165, 1.54) is 0 Å². The van der Waals surface area contributed by atoms with Crippen LogP contribution < -0.4 is 10.2 Å². The zero-order chi connectivity index (χ0) is 19.8. The molecule has 2 rings (SSSR count). The van der Waals surface area contributed by atoms with Gasteiger partial charge in [-0.05, 0) is 43.2 Å². The number of aryl methyl sites for hydroxylation is 1. The van der Waals surface area contributed by atoms with Gasteiger partial charge in [-0.15, -0.1) is 0 Å². The summed E-state index contributed by atoms with van der Waals surface area (Å²) in [5, 5.41) is 13.6. The second-order valence-electron chi connectivity index (χ2n) is 5.96. The van der Waals surface area contributed by atoms with Gasteiger partial charge in [-0.1, -0.05) is 41.9 Å². The molecule has 2 aromatic carbocycles. The topological polar surface area (TPSA) is 88.0 Å². The number of hydrazone groups is 1. The van der Waals surface area contributed by atoms with E-state index in [1.807, 2.05) is 37.3 Å². The maximum Gasteiger partial charge on any atom is 0.303 e. The molecule has 0 aliphatic rings. The van der Waals surface area contributed by atoms with Crippen LogP contribution in [0.15, 0.2) is 53.6 Å². The Morgan fingerprint density at radius 2 is 1.89 bits per heavy atom. The van der Waals surface area contributed by atoms with Gasteiger partial charge in [0.1, 0.15) is 5.75 Å². The molecular weight excluding hydrogens is 368 g/mol. The van der Waals surface area contributed by atoms with Crippen molar-refractivity contribution in [2.24, 2.45) is 5.10 Å². The van der Waals surface area contributed by atoms with Gasteiger partial charge in [-0.2, -0.15) is 5.10 Å². The number of aliphatic carboxylic acids is 1. The van der Waals surface area contributed by atoms with Gasteiger partial charge in [0, 0.05) is 11.4 Å². The van der Waals surface area contributed by atoms with Crippen LogP contribution in [-0.2, 0) is 9.59 Å². The molecule has 0 aliphatic carbocycles. The smallest absolute Gasteiger partial charge is 0.303 e. The molecule has 2 N–H and O–H groups in total. The Hall–Kier alpha value is -2.86. The van der Waals surface area contributed by atoms with Gasteiger partial charge in [0.05, 0.1) is 12.1 Å². The summed E-state index contributed by atoms with van der Waals surface area (Å²) in [6.07, 6.45) is -0.671. The number of halogens is 1. The molecule has 0 spiro atoms. The number of carboxylic acids is 1. The second kappa shape index (κ2) is 9.73. The summed E-state index contributed by atoms with van der Waals surface area (Å²) in [5.41, 5.74) is 4.52. The van der Waals surface area contributed by atoms with Gasteiger partial charge in [0.2, 0.25) is 0 Å². The zero-order valence-corrected chi connectivity index (χ0v) is 15.9. The molecule has 0 aromatic heterocycles. The van der Waals surface area contributed by atoms with E-state index >= 15 is 0 Å². The molecule has 1 atom stereocenters. The van der Waals surface area contributed by atoms with E-state index in [1.54, 1.807) is 25.1 Å². The zero-order valence-electron chi connectivity index (χ0n) is 15.1. The van der Waals surface area contributed by atoms with Crippen molar-refractivity contribution in [2.75, 3.05) is 0 Å². The van der Waals surface area contributed by atoms with Crippen LogP contribution in [0.1, 0.15) is 30.9 Å². The lowest BCUT2D eigenvalue weighted by molar-refractivity contribution is -0.136. The number of ether oxygens (including phenoxy) is 1. The third-order valence-corrected chi connectivity index (χ3v) is 4.03. The number of carbonyl (C=O) groups excluding carboxylic acids is 1. The minimum atomic E-state index is -0.931. The van der Waals surface area contributed by atoms with E-state index < -0.39 is 18.0 Å². The molecule has 7 heteroatoms. The number of carboxylic acid groups (broad SMARTS) is 1. The molecule has 0 bridgehead atoms. The number of carbonyl (C=O) groups is 2. The van der Waals surface area contributed by atoms with Crippen molar-refractivity contribution in [1.29, 1.82) is 0 Å². The van der Waals surface area contributed by atoms with Gasteiger partial charge >= 0.3 is 5.97 Å². The lowest BCUT2D eigenvalue weighted by atomic mass is 10.1. The van der Waals surface area contributed by atoms with Gasteiger partial charge in [-0.25, -0.2) is 5.43 Å². The van der Waals surface area contributed by atoms with Crippen LogP contribution in [0.4, 0.5) is 0 Å². The summed E-state index contributed by atoms with van der Waals surface area (Å²) in [6.45, 7) is 3.45. The first-order valence-electron chi connectivity index (χ1n) is 8.43. The van der Waals surface area contributed by atoms with Gasteiger partial charge < -0.3 is 9.84 Å². The summed E-state index contributed by atoms with van der Waals surface area (Å²) in [6, 6.07) is 14.2. The number of nitrogens with zero attached hydrogens (tertiary/aromatic N) is 1. The summed E-state index contributed by atoms with van der Waals surface area (Å²) in [5.74, 6) is -0.812. The highest BCUT2D eigenvalue weighted by Gasteiger charge is 2.16. The Morgan fingerprint density at radius 1 is 1.19 bits per heavy atom. The monoisotopic (exact) mass is 388 g/mol. The highest BCUT2D eigenvalue weighted by Crippen LogP contribution is 2.22. The van der Waals surface area contributed by atoms with Crippen LogP contribution >= 0.6 is 11.6 Å². The second-order valence-corrected chi connectivity index (χ2v) is 6.40. The standard InChI is InChI=1S/C20H21ClN2O4/c1-13-12-16(21)8-10-18(13)27-14(2)20(26)23-22-17(9-11-19(24)25)15-6-4-3-5-7-15/h3-8,10,12,14H,9,11H2,1-2H3,(H,23,26)(H,24,25). The average molecular weight is 389 g/mol. The van der Waals surface area contributed by atoms with E-state index in [9.17, 15) is 9.59 Å². The molecule has 0 heterocycles. The normalized spacial score (nSPS) is 12.3. The molecule has 1 amide bonds. The van der Waals surface area contributed by atoms with Crippen molar-refractivity contribution in [3.8, 4) is 5.75 Å². The van der Waals surface area contributed by atoms with Crippen LogP contribution in [0.25, 0.3) is 0 Å². The van der Waals surface area contributed by atoms with E-state index in [4.69, 9.17) is 21.4 Å². The molecule has 0 saturated carbocycles. The first-order valence-corrected chi connectivity index (χ1v) is 8.81. The fourth-order valence-electron chi connectivity index (χ4n) is 2.32. The van der Waals surface area contributed by atoms with Crippen molar-refractivity contribution in [1.82, 2.24) is 5.43 Å². The first kappa shape index (κ1) is 20.5. The number of amides is 1. The van der Waals surface area contributed by atoms with E-state index in [-0.39, 0.29) is 12.8 Å². The molecule has 0 fully saturated rings. The molecule has 6 nitrogen and oxygen atoms in total.